The number of unbranched alkanes of at least 4 members (excludes halogenated alkanes) is 2. The van der Waals surface area contributed by atoms with Crippen molar-refractivity contribution in [1.29, 1.82) is 0 Å². The van der Waals surface area contributed by atoms with E-state index in [0.29, 0.717) is 13.0 Å². The fourth-order valence-corrected chi connectivity index (χ4v) is 2.52. The van der Waals surface area contributed by atoms with Gasteiger partial charge in [0.1, 0.15) is 0 Å². The number of carbonyl (C=O) groups is 3. The van der Waals surface area contributed by atoms with Gasteiger partial charge in [-0.25, -0.2) is 0 Å². The third kappa shape index (κ3) is 5.06. The minimum absolute atomic E-state index is 0.00498. The van der Waals surface area contributed by atoms with Crippen LogP contribution >= 0.6 is 0 Å². The molecule has 0 aliphatic carbocycles. The molecule has 122 valence electrons. The third-order valence-electron chi connectivity index (χ3n) is 3.86. The topological polar surface area (TPSA) is 66.5 Å². The zero-order valence-corrected chi connectivity index (χ0v) is 13.3. The largest absolute Gasteiger partial charge is 0.350 e. The lowest BCUT2D eigenvalue weighted by Crippen LogP contribution is -2.30. The van der Waals surface area contributed by atoms with Crippen molar-refractivity contribution in [3.8, 4) is 0 Å². The molecule has 3 amide bonds. The molecule has 1 heterocycles. The summed E-state index contributed by atoms with van der Waals surface area (Å²) >= 11 is 0. The Morgan fingerprint density at radius 3 is 2.35 bits per heavy atom. The number of nitrogens with zero attached hydrogens (tertiary/aromatic N) is 1. The van der Waals surface area contributed by atoms with Crippen molar-refractivity contribution in [2.75, 3.05) is 6.54 Å². The molecule has 1 aliphatic heterocycles. The van der Waals surface area contributed by atoms with Gasteiger partial charge in [0.15, 0.2) is 0 Å². The molecule has 0 unspecified atom stereocenters. The molecule has 1 aromatic rings. The standard InChI is InChI=1S/C18H22N2O3/c1-14(15-8-4-2-5-9-15)19-16(21)10-6-3-7-13-20-17(22)11-12-18(20)23/h2,4-5,8-9,11-12,14H,3,6-7,10,13H2,1H3,(H,19,21)/t14-/m1/s1. The van der Waals surface area contributed by atoms with Gasteiger partial charge in [0, 0.05) is 25.1 Å². The van der Waals surface area contributed by atoms with Gasteiger partial charge in [0.25, 0.3) is 11.8 Å². The lowest BCUT2D eigenvalue weighted by atomic mass is 10.1. The molecule has 0 bridgehead atoms. The number of nitrogens with one attached hydrogen (secondary N) is 1. The number of benzene rings is 1. The van der Waals surface area contributed by atoms with Gasteiger partial charge in [0.05, 0.1) is 6.04 Å². The van der Waals surface area contributed by atoms with E-state index in [1.807, 2.05) is 37.3 Å². The van der Waals surface area contributed by atoms with Crippen molar-refractivity contribution in [1.82, 2.24) is 10.2 Å². The van der Waals surface area contributed by atoms with Gasteiger partial charge in [-0.15, -0.1) is 0 Å². The minimum atomic E-state index is -0.246. The van der Waals surface area contributed by atoms with Gasteiger partial charge in [0.2, 0.25) is 5.91 Å². The predicted molar refractivity (Wildman–Crippen MR) is 87.3 cm³/mol. The van der Waals surface area contributed by atoms with Crippen molar-refractivity contribution >= 4 is 17.7 Å². The van der Waals surface area contributed by atoms with E-state index in [2.05, 4.69) is 5.32 Å². The van der Waals surface area contributed by atoms with Crippen LogP contribution in [-0.4, -0.2) is 29.2 Å². The van der Waals surface area contributed by atoms with Crippen molar-refractivity contribution in [2.24, 2.45) is 0 Å². The SMILES string of the molecule is C[C@@H](NC(=O)CCCCCN1C(=O)C=CC1=O)c1ccccc1. The average molecular weight is 314 g/mol. The number of hydrogen-bond acceptors (Lipinski definition) is 3. The monoisotopic (exact) mass is 314 g/mol. The molecule has 5 nitrogen and oxygen atoms in total. The summed E-state index contributed by atoms with van der Waals surface area (Å²) in [5.41, 5.74) is 1.08. The van der Waals surface area contributed by atoms with Crippen LogP contribution in [-0.2, 0) is 14.4 Å². The van der Waals surface area contributed by atoms with Crippen LogP contribution in [0.3, 0.4) is 0 Å². The van der Waals surface area contributed by atoms with E-state index in [4.69, 9.17) is 0 Å². The number of hydrogen-bond donors (Lipinski definition) is 1. The van der Waals surface area contributed by atoms with E-state index in [9.17, 15) is 14.4 Å². The van der Waals surface area contributed by atoms with E-state index in [1.54, 1.807) is 0 Å². The Morgan fingerprint density at radius 2 is 1.70 bits per heavy atom. The summed E-state index contributed by atoms with van der Waals surface area (Å²) < 4.78 is 0. The van der Waals surface area contributed by atoms with Crippen molar-refractivity contribution in [2.45, 2.75) is 38.6 Å². The van der Waals surface area contributed by atoms with Gasteiger partial charge in [-0.1, -0.05) is 36.8 Å². The Kier molecular flexibility index (Phi) is 6.09. The van der Waals surface area contributed by atoms with Gasteiger partial charge < -0.3 is 5.32 Å². The van der Waals surface area contributed by atoms with Crippen LogP contribution in [0.5, 0.6) is 0 Å². The van der Waals surface area contributed by atoms with Crippen LogP contribution in [0.15, 0.2) is 42.5 Å². The molecule has 1 atom stereocenters. The Hall–Kier alpha value is -2.43. The lowest BCUT2D eigenvalue weighted by molar-refractivity contribution is -0.137. The van der Waals surface area contributed by atoms with Crippen LogP contribution < -0.4 is 5.32 Å². The molecule has 23 heavy (non-hydrogen) atoms. The van der Waals surface area contributed by atoms with Crippen LogP contribution in [0.1, 0.15) is 44.2 Å². The zero-order chi connectivity index (χ0) is 16.7. The summed E-state index contributed by atoms with van der Waals surface area (Å²) in [5, 5.41) is 2.97. The molecular weight excluding hydrogens is 292 g/mol. The number of carbonyl (C=O) groups excluding carboxylic acids is 3. The first-order chi connectivity index (χ1) is 11.1. The Balaban J connectivity index is 1.60. The Bertz CT molecular complexity index is 578. The smallest absolute Gasteiger partial charge is 0.253 e. The summed E-state index contributed by atoms with van der Waals surface area (Å²) in [6, 6.07) is 9.83. The summed E-state index contributed by atoms with van der Waals surface area (Å²) in [6.45, 7) is 2.39. The molecule has 0 fully saturated rings. The maximum absolute atomic E-state index is 11.9. The number of amides is 3. The molecule has 1 aromatic carbocycles. The highest BCUT2D eigenvalue weighted by Gasteiger charge is 2.22. The van der Waals surface area contributed by atoms with E-state index in [1.165, 1.54) is 17.1 Å². The molecule has 5 heteroatoms. The molecule has 1 N–H and O–H groups in total. The van der Waals surface area contributed by atoms with Crippen LogP contribution in [0, 0.1) is 0 Å². The van der Waals surface area contributed by atoms with E-state index in [0.717, 1.165) is 24.8 Å². The molecule has 2 rings (SSSR count). The van der Waals surface area contributed by atoms with E-state index in [-0.39, 0.29) is 23.8 Å². The van der Waals surface area contributed by atoms with Crippen molar-refractivity contribution in [3.05, 3.63) is 48.0 Å². The predicted octanol–water partition coefficient (Wildman–Crippen LogP) is 2.35. The highest BCUT2D eigenvalue weighted by atomic mass is 16.2. The minimum Gasteiger partial charge on any atom is -0.350 e. The van der Waals surface area contributed by atoms with E-state index < -0.39 is 0 Å². The Labute approximate surface area is 136 Å². The van der Waals surface area contributed by atoms with E-state index >= 15 is 0 Å². The highest BCUT2D eigenvalue weighted by molar-refractivity contribution is 6.12. The molecule has 0 aromatic heterocycles. The van der Waals surface area contributed by atoms with Gasteiger partial charge in [-0.2, -0.15) is 0 Å². The molecule has 0 spiro atoms. The fourth-order valence-electron chi connectivity index (χ4n) is 2.52. The molecular formula is C18H22N2O3. The first-order valence-electron chi connectivity index (χ1n) is 7.96. The second-order valence-corrected chi connectivity index (χ2v) is 5.67. The van der Waals surface area contributed by atoms with Crippen molar-refractivity contribution < 1.29 is 14.4 Å². The van der Waals surface area contributed by atoms with Crippen molar-refractivity contribution in [3.63, 3.8) is 0 Å². The second-order valence-electron chi connectivity index (χ2n) is 5.67. The molecule has 0 radical (unpaired) electrons. The van der Waals surface area contributed by atoms with Gasteiger partial charge in [-0.05, 0) is 25.3 Å². The van der Waals surface area contributed by atoms with Crippen LogP contribution in [0.4, 0.5) is 0 Å². The normalized spacial score (nSPS) is 15.1. The second kappa shape index (κ2) is 8.27. The van der Waals surface area contributed by atoms with Gasteiger partial charge in [-0.3, -0.25) is 19.3 Å². The highest BCUT2D eigenvalue weighted by Crippen LogP contribution is 2.12. The first-order valence-corrected chi connectivity index (χ1v) is 7.96. The quantitative estimate of drug-likeness (QED) is 0.591. The van der Waals surface area contributed by atoms with Crippen LogP contribution in [0.2, 0.25) is 0 Å². The molecule has 0 saturated heterocycles. The molecule has 1 aliphatic rings. The third-order valence-corrected chi connectivity index (χ3v) is 3.86. The molecule has 0 saturated carbocycles. The van der Waals surface area contributed by atoms with Gasteiger partial charge >= 0.3 is 0 Å². The maximum atomic E-state index is 11.9. The number of imide groups is 1. The summed E-state index contributed by atoms with van der Waals surface area (Å²) in [6.07, 6.45) is 5.32. The first kappa shape index (κ1) is 16.9. The maximum Gasteiger partial charge on any atom is 0.253 e. The summed E-state index contributed by atoms with van der Waals surface area (Å²) in [5.74, 6) is -0.467. The zero-order valence-electron chi connectivity index (χ0n) is 13.3. The van der Waals surface area contributed by atoms with Crippen LogP contribution in [0.25, 0.3) is 0 Å². The fraction of sp³-hybridized carbons (Fsp3) is 0.389. The Morgan fingerprint density at radius 1 is 1.04 bits per heavy atom. The number of rotatable bonds is 8. The average Bonchev–Trinajstić information content (AvgIpc) is 2.87. The summed E-state index contributed by atoms with van der Waals surface area (Å²) in [7, 11) is 0. The lowest BCUT2D eigenvalue weighted by Gasteiger charge is -2.15. The summed E-state index contributed by atoms with van der Waals surface area (Å²) in [4.78, 5) is 35.9.